The zero-order valence-corrected chi connectivity index (χ0v) is 26.4. The third-order valence-electron chi connectivity index (χ3n) is 9.64. The Morgan fingerprint density at radius 3 is 1.68 bits per heavy atom. The molecule has 232 valence electrons. The number of fused-ring (bicyclic) bond motifs is 2. The van der Waals surface area contributed by atoms with Gasteiger partial charge in [-0.05, 0) is 56.8 Å². The fourth-order valence-corrected chi connectivity index (χ4v) is 14.3. The molecule has 0 N–H and O–H groups in total. The summed E-state index contributed by atoms with van der Waals surface area (Å²) in [5, 5.41) is -0.521. The van der Waals surface area contributed by atoms with Crippen molar-refractivity contribution < 1.29 is 51.0 Å². The first-order valence-electron chi connectivity index (χ1n) is 14.0. The summed E-state index contributed by atoms with van der Waals surface area (Å²) >= 11 is 0. The van der Waals surface area contributed by atoms with Crippen LogP contribution in [0.5, 0.6) is 0 Å². The summed E-state index contributed by atoms with van der Waals surface area (Å²) in [5.74, 6) is 3.05. The molecule has 16 heteroatoms. The van der Waals surface area contributed by atoms with Crippen LogP contribution < -0.4 is 0 Å². The number of hydrogen-bond acceptors (Lipinski definition) is 12. The first-order chi connectivity index (χ1) is 18.4. The number of ether oxygens (including phenoxy) is 1. The van der Waals surface area contributed by atoms with E-state index in [2.05, 4.69) is 11.1 Å². The van der Waals surface area contributed by atoms with E-state index >= 15 is 0 Å². The van der Waals surface area contributed by atoms with Gasteiger partial charge in [0.2, 0.25) is 0 Å². The molecular weight excluding hydrogens is 609 g/mol. The summed E-state index contributed by atoms with van der Waals surface area (Å²) in [5.41, 5.74) is 0. The summed E-state index contributed by atoms with van der Waals surface area (Å²) in [6.45, 7) is 7.84. The number of hydrogen-bond donors (Lipinski definition) is 0. The summed E-state index contributed by atoms with van der Waals surface area (Å²) in [6, 6.07) is 0. The van der Waals surface area contributed by atoms with Crippen molar-refractivity contribution in [1.29, 1.82) is 0 Å². The van der Waals surface area contributed by atoms with Gasteiger partial charge in [0.1, 0.15) is 17.5 Å². The largest absolute Gasteiger partial charge is 0.370 e. The first kappa shape index (κ1) is 31.1. The fraction of sp³-hybridized carbons (Fsp3) is 1.00. The Labute approximate surface area is 238 Å². The van der Waals surface area contributed by atoms with Crippen molar-refractivity contribution in [3.63, 3.8) is 0 Å². The van der Waals surface area contributed by atoms with Crippen LogP contribution in [0.4, 0.5) is 0 Å². The monoisotopic (exact) mass is 648 g/mol. The SMILES string of the molecule is CC1C2CC3C(O2)C1OS3(=O)=O.CC1C2CC3C1OS(=O)(=O)C3C2.CC1CCS(=O)(=O)C1.CC1CCS(=O)(=O)O1. The van der Waals surface area contributed by atoms with Gasteiger partial charge < -0.3 is 4.74 Å². The van der Waals surface area contributed by atoms with Gasteiger partial charge in [-0.15, -0.1) is 0 Å². The Morgan fingerprint density at radius 1 is 0.625 bits per heavy atom. The predicted octanol–water partition coefficient (Wildman–Crippen LogP) is 1.22. The predicted molar refractivity (Wildman–Crippen MR) is 144 cm³/mol. The highest BCUT2D eigenvalue weighted by Crippen LogP contribution is 2.57. The highest BCUT2D eigenvalue weighted by atomic mass is 32.2. The average molecular weight is 649 g/mol. The Hall–Kier alpha value is -0.360. The topological polar surface area (TPSA) is 173 Å². The molecule has 0 aromatic carbocycles. The second kappa shape index (κ2) is 10.7. The molecule has 12 nitrogen and oxygen atoms in total. The molecule has 0 amide bonds. The van der Waals surface area contributed by atoms with E-state index in [4.69, 9.17) is 13.1 Å². The van der Waals surface area contributed by atoms with Crippen LogP contribution in [-0.2, 0) is 57.5 Å². The first-order valence-corrected chi connectivity index (χ1v) is 20.3. The smallest absolute Gasteiger partial charge is 0.273 e. The Kier molecular flexibility index (Phi) is 8.29. The van der Waals surface area contributed by atoms with Gasteiger partial charge in [0.05, 0.1) is 40.8 Å². The lowest BCUT2D eigenvalue weighted by Crippen LogP contribution is -2.32. The molecule has 6 saturated heterocycles. The normalized spacial score (nSPS) is 49.9. The van der Waals surface area contributed by atoms with Crippen molar-refractivity contribution >= 4 is 40.2 Å². The third-order valence-corrected chi connectivity index (χ3v) is 16.4. The van der Waals surface area contributed by atoms with E-state index in [-0.39, 0.29) is 52.7 Å². The Balaban J connectivity index is 0.000000110. The van der Waals surface area contributed by atoms with Gasteiger partial charge >= 0.3 is 0 Å². The number of sulfone groups is 1. The average Bonchev–Trinajstić information content (AvgIpc) is 3.67. The van der Waals surface area contributed by atoms with E-state index in [1.54, 1.807) is 6.92 Å². The molecule has 6 heterocycles. The molecule has 12 atom stereocenters. The summed E-state index contributed by atoms with van der Waals surface area (Å²) in [7, 11) is -12.1. The second-order valence-corrected chi connectivity index (χ2v) is 20.2. The van der Waals surface area contributed by atoms with Gasteiger partial charge in [0.15, 0.2) is 9.84 Å². The van der Waals surface area contributed by atoms with Crippen LogP contribution in [0.1, 0.15) is 59.8 Å². The quantitative estimate of drug-likeness (QED) is 0.344. The van der Waals surface area contributed by atoms with E-state index in [1.165, 1.54) is 0 Å². The molecule has 0 aromatic rings. The molecular formula is C24H40O12S4. The van der Waals surface area contributed by atoms with Crippen LogP contribution in [0.2, 0.25) is 0 Å². The molecule has 40 heavy (non-hydrogen) atoms. The van der Waals surface area contributed by atoms with Gasteiger partial charge in [0.25, 0.3) is 30.4 Å². The zero-order chi connectivity index (χ0) is 29.4. The minimum absolute atomic E-state index is 0.0266. The lowest BCUT2D eigenvalue weighted by Gasteiger charge is -2.19. The second-order valence-electron chi connectivity index (χ2n) is 12.6. The highest BCUT2D eigenvalue weighted by Gasteiger charge is 2.64. The lowest BCUT2D eigenvalue weighted by atomic mass is 9.88. The minimum Gasteiger partial charge on any atom is -0.370 e. The fourth-order valence-electron chi connectivity index (χ4n) is 7.36. The molecule has 2 saturated carbocycles. The Morgan fingerprint density at radius 2 is 1.27 bits per heavy atom. The maximum absolute atomic E-state index is 11.4. The summed E-state index contributed by atoms with van der Waals surface area (Å²) in [6.07, 6.45) is 3.74. The maximum atomic E-state index is 11.4. The molecule has 12 unspecified atom stereocenters. The molecule has 8 fully saturated rings. The van der Waals surface area contributed by atoms with Crippen molar-refractivity contribution in [3.05, 3.63) is 0 Å². The van der Waals surface area contributed by atoms with Gasteiger partial charge in [-0.3, -0.25) is 12.5 Å². The van der Waals surface area contributed by atoms with Crippen LogP contribution >= 0.6 is 0 Å². The van der Waals surface area contributed by atoms with Gasteiger partial charge in [-0.1, -0.05) is 20.8 Å². The van der Waals surface area contributed by atoms with E-state index in [0.717, 1.165) is 19.3 Å². The molecule has 8 rings (SSSR count). The van der Waals surface area contributed by atoms with E-state index < -0.39 is 40.2 Å². The van der Waals surface area contributed by atoms with E-state index in [9.17, 15) is 33.7 Å². The van der Waals surface area contributed by atoms with Crippen LogP contribution in [0.25, 0.3) is 0 Å². The molecule has 4 bridgehead atoms. The van der Waals surface area contributed by atoms with Crippen molar-refractivity contribution in [3.8, 4) is 0 Å². The molecule has 6 aliphatic heterocycles. The van der Waals surface area contributed by atoms with E-state index in [1.807, 2.05) is 13.8 Å². The molecule has 0 spiro atoms. The molecule has 2 aliphatic carbocycles. The summed E-state index contributed by atoms with van der Waals surface area (Å²) < 4.78 is 108. The standard InChI is InChI=1S/C8H12O3S.C7H10O4S.C5H10O2S.C4H8O3S/c1-4-5-2-6-7(3-5)12(9,10)11-8(4)6;1-3-4-2-5-7(10-4)6(3)11-12(5,8)9;1-5-2-3-8(6,7)4-5;1-4-2-3-8(5,6)7-4/h4-8H,2-3H2,1H3;3-7H,2H2,1H3;5H,2-4H2,1H3;4H,2-3H2,1H3. The lowest BCUT2D eigenvalue weighted by molar-refractivity contribution is 0.0830. The highest BCUT2D eigenvalue weighted by molar-refractivity contribution is 7.91. The Bertz CT molecular complexity index is 1300. The maximum Gasteiger partial charge on any atom is 0.273 e. The molecule has 8 aliphatic rings. The van der Waals surface area contributed by atoms with Gasteiger partial charge in [0, 0.05) is 11.8 Å². The number of rotatable bonds is 0. The minimum atomic E-state index is -3.29. The summed E-state index contributed by atoms with van der Waals surface area (Å²) in [4.78, 5) is 0. The van der Waals surface area contributed by atoms with Crippen molar-refractivity contribution in [2.75, 3.05) is 17.3 Å². The third kappa shape index (κ3) is 6.02. The molecule has 0 aromatic heterocycles. The van der Waals surface area contributed by atoms with Gasteiger partial charge in [-0.25, -0.2) is 8.42 Å². The van der Waals surface area contributed by atoms with Gasteiger partial charge in [-0.2, -0.15) is 25.3 Å². The van der Waals surface area contributed by atoms with E-state index in [0.29, 0.717) is 48.0 Å². The van der Waals surface area contributed by atoms with Crippen molar-refractivity contribution in [2.45, 2.75) is 101 Å². The van der Waals surface area contributed by atoms with Crippen LogP contribution in [0, 0.1) is 29.6 Å². The van der Waals surface area contributed by atoms with Crippen LogP contribution in [-0.4, -0.2) is 91.9 Å². The van der Waals surface area contributed by atoms with Crippen LogP contribution in [0.3, 0.4) is 0 Å². The molecule has 0 radical (unpaired) electrons. The van der Waals surface area contributed by atoms with Crippen molar-refractivity contribution in [1.82, 2.24) is 0 Å². The zero-order valence-electron chi connectivity index (χ0n) is 23.1. The van der Waals surface area contributed by atoms with Crippen LogP contribution in [0.15, 0.2) is 0 Å². The van der Waals surface area contributed by atoms with Crippen molar-refractivity contribution in [2.24, 2.45) is 29.6 Å².